The molecule has 0 N–H and O–H groups in total. The molecule has 0 spiro atoms. The summed E-state index contributed by atoms with van der Waals surface area (Å²) in [5, 5.41) is 0. The molecule has 0 bridgehead atoms. The first-order chi connectivity index (χ1) is 17.0. The second kappa shape index (κ2) is 8.92. The first-order valence-corrected chi connectivity index (χ1v) is 11.2. The van der Waals surface area contributed by atoms with Crippen LogP contribution in [-0.4, -0.2) is 23.1 Å². The molecule has 0 aliphatic heterocycles. The lowest BCUT2D eigenvalue weighted by Crippen LogP contribution is -2.22. The Hall–Kier alpha value is -4.70. The second-order valence-electron chi connectivity index (χ2n) is 8.29. The van der Waals surface area contributed by atoms with E-state index < -0.39 is 0 Å². The number of allylic oxidation sites excluding steroid dienone is 1. The number of ketones is 4. The van der Waals surface area contributed by atoms with Crippen molar-refractivity contribution in [1.29, 1.82) is 0 Å². The number of carbonyl (C=O) groups is 4. The molecule has 0 heterocycles. The molecule has 0 unspecified atom stereocenters. The fourth-order valence-corrected chi connectivity index (χ4v) is 4.59. The third-order valence-corrected chi connectivity index (χ3v) is 6.24. The SMILES string of the molecule is C=CCc1cccc2c1C(=O)c1ccccc1C2=O.O=C1c2ccccc2C(=O)c2ccccc21. The topological polar surface area (TPSA) is 68.3 Å². The normalized spacial score (nSPS) is 13.0. The minimum Gasteiger partial charge on any atom is -0.289 e. The Morgan fingerprint density at radius 1 is 0.457 bits per heavy atom. The highest BCUT2D eigenvalue weighted by Gasteiger charge is 2.31. The van der Waals surface area contributed by atoms with Crippen molar-refractivity contribution in [1.82, 2.24) is 0 Å². The molecule has 6 rings (SSSR count). The van der Waals surface area contributed by atoms with Gasteiger partial charge in [-0.2, -0.15) is 0 Å². The first kappa shape index (κ1) is 22.1. The maximum absolute atomic E-state index is 12.6. The van der Waals surface area contributed by atoms with E-state index in [1.54, 1.807) is 84.9 Å². The number of hydrogen-bond donors (Lipinski definition) is 0. The first-order valence-electron chi connectivity index (χ1n) is 11.2. The molecule has 0 fully saturated rings. The molecule has 0 radical (unpaired) electrons. The van der Waals surface area contributed by atoms with E-state index in [9.17, 15) is 19.2 Å². The van der Waals surface area contributed by atoms with Crippen molar-refractivity contribution in [2.24, 2.45) is 0 Å². The number of benzene rings is 4. The predicted molar refractivity (Wildman–Crippen MR) is 133 cm³/mol. The number of rotatable bonds is 2. The van der Waals surface area contributed by atoms with Gasteiger partial charge in [-0.05, 0) is 12.0 Å². The number of hydrogen-bond acceptors (Lipinski definition) is 4. The summed E-state index contributed by atoms with van der Waals surface area (Å²) in [6, 6.07) is 26.3. The number of carbonyl (C=O) groups excluding carboxylic acids is 4. The fraction of sp³-hybridized carbons (Fsp3) is 0.0323. The van der Waals surface area contributed by atoms with Gasteiger partial charge in [0.25, 0.3) is 0 Å². The third kappa shape index (κ3) is 3.65. The molecule has 168 valence electrons. The summed E-state index contributed by atoms with van der Waals surface area (Å²) >= 11 is 0. The molecule has 0 aromatic heterocycles. The highest BCUT2D eigenvalue weighted by atomic mass is 16.1. The van der Waals surface area contributed by atoms with Crippen LogP contribution in [-0.2, 0) is 6.42 Å². The molecule has 0 saturated carbocycles. The molecule has 35 heavy (non-hydrogen) atoms. The Labute approximate surface area is 202 Å². The quantitative estimate of drug-likeness (QED) is 0.316. The monoisotopic (exact) mass is 456 g/mol. The van der Waals surface area contributed by atoms with Crippen LogP contribution in [0.15, 0.2) is 104 Å². The van der Waals surface area contributed by atoms with Crippen LogP contribution in [0.4, 0.5) is 0 Å². The van der Waals surface area contributed by atoms with E-state index >= 15 is 0 Å². The molecule has 2 aliphatic carbocycles. The highest BCUT2D eigenvalue weighted by Crippen LogP contribution is 2.30. The van der Waals surface area contributed by atoms with Gasteiger partial charge in [0.05, 0.1) is 0 Å². The molecule has 2 aliphatic rings. The van der Waals surface area contributed by atoms with Crippen molar-refractivity contribution in [3.05, 3.63) is 154 Å². The molecular formula is C31H20O4. The Balaban J connectivity index is 0.000000147. The summed E-state index contributed by atoms with van der Waals surface area (Å²) in [7, 11) is 0. The average Bonchev–Trinajstić information content (AvgIpc) is 2.91. The van der Waals surface area contributed by atoms with Gasteiger partial charge in [0.2, 0.25) is 0 Å². The van der Waals surface area contributed by atoms with Crippen LogP contribution in [0.2, 0.25) is 0 Å². The summed E-state index contributed by atoms with van der Waals surface area (Å²) in [5.41, 5.74) is 4.91. The van der Waals surface area contributed by atoms with E-state index in [4.69, 9.17) is 0 Å². The van der Waals surface area contributed by atoms with Crippen LogP contribution in [0, 0.1) is 0 Å². The molecule has 0 saturated heterocycles. The fourth-order valence-electron chi connectivity index (χ4n) is 4.59. The zero-order chi connectivity index (χ0) is 24.5. The zero-order valence-corrected chi connectivity index (χ0v) is 18.8. The van der Waals surface area contributed by atoms with Crippen LogP contribution in [0.3, 0.4) is 0 Å². The van der Waals surface area contributed by atoms with Gasteiger partial charge in [0, 0.05) is 44.5 Å². The molecule has 4 aromatic carbocycles. The van der Waals surface area contributed by atoms with Crippen LogP contribution in [0.1, 0.15) is 69.2 Å². The summed E-state index contributed by atoms with van der Waals surface area (Å²) in [6.07, 6.45) is 2.33. The lowest BCUT2D eigenvalue weighted by atomic mass is 9.81. The summed E-state index contributed by atoms with van der Waals surface area (Å²) < 4.78 is 0. The lowest BCUT2D eigenvalue weighted by Gasteiger charge is -2.19. The van der Waals surface area contributed by atoms with Crippen molar-refractivity contribution in [3.63, 3.8) is 0 Å². The van der Waals surface area contributed by atoms with Crippen molar-refractivity contribution in [2.45, 2.75) is 6.42 Å². The van der Waals surface area contributed by atoms with Gasteiger partial charge in [-0.1, -0.05) is 97.1 Å². The maximum Gasteiger partial charge on any atom is 0.194 e. The molecule has 0 atom stereocenters. The van der Waals surface area contributed by atoms with Gasteiger partial charge in [0.1, 0.15) is 0 Å². The smallest absolute Gasteiger partial charge is 0.194 e. The lowest BCUT2D eigenvalue weighted by molar-refractivity contribution is 0.0978. The van der Waals surface area contributed by atoms with Crippen LogP contribution >= 0.6 is 0 Å². The van der Waals surface area contributed by atoms with Gasteiger partial charge >= 0.3 is 0 Å². The van der Waals surface area contributed by atoms with E-state index in [0.717, 1.165) is 5.56 Å². The summed E-state index contributed by atoms with van der Waals surface area (Å²) in [6.45, 7) is 3.70. The van der Waals surface area contributed by atoms with Crippen molar-refractivity contribution in [2.75, 3.05) is 0 Å². The standard InChI is InChI=1S/C17H12O2.C14H8O2/c1-2-6-11-7-5-10-14-15(11)17(19)13-9-4-3-8-12(13)16(14)18;15-13-9-5-1-2-6-10(9)14(16)12-8-4-3-7-11(12)13/h2-5,7-10H,1,6H2;1-8H. The molecule has 4 nitrogen and oxygen atoms in total. The highest BCUT2D eigenvalue weighted by molar-refractivity contribution is 6.29. The predicted octanol–water partition coefficient (Wildman–Crippen LogP) is 5.65. The Kier molecular flexibility index (Phi) is 5.63. The van der Waals surface area contributed by atoms with E-state index in [1.165, 1.54) is 0 Å². The molecule has 4 heteroatoms. The average molecular weight is 456 g/mol. The second-order valence-corrected chi connectivity index (χ2v) is 8.29. The van der Waals surface area contributed by atoms with Gasteiger partial charge in [-0.15, -0.1) is 6.58 Å². The van der Waals surface area contributed by atoms with E-state index in [2.05, 4.69) is 6.58 Å². The maximum atomic E-state index is 12.6. The van der Waals surface area contributed by atoms with Gasteiger partial charge < -0.3 is 0 Å². The summed E-state index contributed by atoms with van der Waals surface area (Å²) in [4.78, 5) is 49.2. The zero-order valence-electron chi connectivity index (χ0n) is 18.8. The minimum atomic E-state index is -0.0730. The van der Waals surface area contributed by atoms with Gasteiger partial charge in [-0.25, -0.2) is 0 Å². The van der Waals surface area contributed by atoms with Crippen molar-refractivity contribution < 1.29 is 19.2 Å². The Bertz CT molecular complexity index is 1450. The Morgan fingerprint density at radius 2 is 0.800 bits per heavy atom. The van der Waals surface area contributed by atoms with E-state index in [0.29, 0.717) is 50.9 Å². The number of fused-ring (bicyclic) bond motifs is 4. The van der Waals surface area contributed by atoms with Crippen molar-refractivity contribution in [3.8, 4) is 0 Å². The van der Waals surface area contributed by atoms with E-state index in [-0.39, 0.29) is 23.1 Å². The van der Waals surface area contributed by atoms with Crippen LogP contribution in [0.5, 0.6) is 0 Å². The van der Waals surface area contributed by atoms with Gasteiger partial charge in [0.15, 0.2) is 23.1 Å². The van der Waals surface area contributed by atoms with Gasteiger partial charge in [-0.3, -0.25) is 19.2 Å². The molecule has 4 aromatic rings. The minimum absolute atomic E-state index is 0.0641. The van der Waals surface area contributed by atoms with Crippen LogP contribution < -0.4 is 0 Å². The Morgan fingerprint density at radius 3 is 1.20 bits per heavy atom. The van der Waals surface area contributed by atoms with Crippen LogP contribution in [0.25, 0.3) is 0 Å². The third-order valence-electron chi connectivity index (χ3n) is 6.24. The summed E-state index contributed by atoms with van der Waals surface area (Å²) in [5.74, 6) is -0.268. The molecule has 0 amide bonds. The largest absolute Gasteiger partial charge is 0.289 e. The van der Waals surface area contributed by atoms with E-state index in [1.807, 2.05) is 12.1 Å². The molecular weight excluding hydrogens is 436 g/mol. The van der Waals surface area contributed by atoms with Crippen molar-refractivity contribution >= 4 is 23.1 Å².